The summed E-state index contributed by atoms with van der Waals surface area (Å²) < 4.78 is 6.01. The summed E-state index contributed by atoms with van der Waals surface area (Å²) in [7, 11) is 1.75. The lowest BCUT2D eigenvalue weighted by molar-refractivity contribution is -0.124. The van der Waals surface area contributed by atoms with Crippen LogP contribution in [0.15, 0.2) is 24.3 Å². The summed E-state index contributed by atoms with van der Waals surface area (Å²) in [5.41, 5.74) is 7.40. The van der Waals surface area contributed by atoms with Crippen molar-refractivity contribution in [1.29, 1.82) is 0 Å². The van der Waals surface area contributed by atoms with E-state index in [9.17, 15) is 4.79 Å². The van der Waals surface area contributed by atoms with Crippen molar-refractivity contribution in [3.63, 3.8) is 0 Å². The standard InChI is InChI=1S/C16H24N2O2/c1-16(18-2,15(17)19)10-11-20-14-9-5-7-12-6-3-4-8-13(12)14/h3-4,6,8,14,18H,5,7,9-11H2,1-2H3,(H2,17,19). The Labute approximate surface area is 120 Å². The number of ether oxygens (including phenoxy) is 1. The fourth-order valence-corrected chi connectivity index (χ4v) is 2.66. The van der Waals surface area contributed by atoms with E-state index in [4.69, 9.17) is 10.5 Å². The molecule has 1 amide bonds. The molecule has 110 valence electrons. The van der Waals surface area contributed by atoms with Gasteiger partial charge in [-0.05, 0) is 50.8 Å². The molecule has 0 radical (unpaired) electrons. The van der Waals surface area contributed by atoms with E-state index in [-0.39, 0.29) is 12.0 Å². The van der Waals surface area contributed by atoms with Crippen LogP contribution in [0.4, 0.5) is 0 Å². The normalized spacial score (nSPS) is 21.0. The molecule has 1 aromatic carbocycles. The lowest BCUT2D eigenvalue weighted by Crippen LogP contribution is -2.52. The van der Waals surface area contributed by atoms with E-state index in [0.29, 0.717) is 13.0 Å². The Kier molecular flexibility index (Phi) is 4.78. The minimum Gasteiger partial charge on any atom is -0.373 e. The van der Waals surface area contributed by atoms with Gasteiger partial charge < -0.3 is 15.8 Å². The number of primary amides is 1. The van der Waals surface area contributed by atoms with Crippen LogP contribution in [-0.2, 0) is 16.0 Å². The van der Waals surface area contributed by atoms with Crippen LogP contribution in [-0.4, -0.2) is 25.1 Å². The van der Waals surface area contributed by atoms with Crippen LogP contribution in [0.25, 0.3) is 0 Å². The van der Waals surface area contributed by atoms with Crippen molar-refractivity contribution < 1.29 is 9.53 Å². The van der Waals surface area contributed by atoms with Crippen LogP contribution in [0.3, 0.4) is 0 Å². The van der Waals surface area contributed by atoms with E-state index in [0.717, 1.165) is 19.3 Å². The van der Waals surface area contributed by atoms with Crippen molar-refractivity contribution in [2.24, 2.45) is 5.73 Å². The van der Waals surface area contributed by atoms with Gasteiger partial charge in [0.2, 0.25) is 5.91 Å². The van der Waals surface area contributed by atoms with Crippen molar-refractivity contribution in [2.45, 2.75) is 44.2 Å². The number of hydrogen-bond acceptors (Lipinski definition) is 3. The topological polar surface area (TPSA) is 64.3 Å². The van der Waals surface area contributed by atoms with Crippen LogP contribution < -0.4 is 11.1 Å². The summed E-state index contributed by atoms with van der Waals surface area (Å²) in [4.78, 5) is 11.4. The summed E-state index contributed by atoms with van der Waals surface area (Å²) in [5.74, 6) is -0.340. The molecule has 0 saturated heterocycles. The Morgan fingerprint density at radius 2 is 2.25 bits per heavy atom. The van der Waals surface area contributed by atoms with E-state index in [2.05, 4.69) is 29.6 Å². The Hall–Kier alpha value is -1.39. The van der Waals surface area contributed by atoms with Crippen LogP contribution in [0, 0.1) is 0 Å². The number of likely N-dealkylation sites (N-methyl/N-ethyl adjacent to an activating group) is 1. The smallest absolute Gasteiger partial charge is 0.237 e. The Balaban J connectivity index is 1.94. The first-order valence-corrected chi connectivity index (χ1v) is 7.25. The second-order valence-corrected chi connectivity index (χ2v) is 5.65. The summed E-state index contributed by atoms with van der Waals surface area (Å²) in [6, 6.07) is 8.45. The largest absolute Gasteiger partial charge is 0.373 e. The molecule has 0 heterocycles. The number of aryl methyl sites for hydroxylation is 1. The zero-order valence-electron chi connectivity index (χ0n) is 12.3. The number of nitrogens with one attached hydrogen (secondary N) is 1. The zero-order valence-corrected chi connectivity index (χ0v) is 12.3. The highest BCUT2D eigenvalue weighted by molar-refractivity contribution is 5.84. The SMILES string of the molecule is CNC(C)(CCOC1CCCc2ccccc21)C(N)=O. The molecule has 2 atom stereocenters. The van der Waals surface area contributed by atoms with Gasteiger partial charge in [0.1, 0.15) is 0 Å². The van der Waals surface area contributed by atoms with Crippen LogP contribution in [0.2, 0.25) is 0 Å². The molecule has 20 heavy (non-hydrogen) atoms. The molecule has 1 aromatic rings. The molecule has 3 N–H and O–H groups in total. The molecule has 2 rings (SSSR count). The van der Waals surface area contributed by atoms with Gasteiger partial charge in [0.25, 0.3) is 0 Å². The van der Waals surface area contributed by atoms with Crippen molar-refractivity contribution in [2.75, 3.05) is 13.7 Å². The number of carbonyl (C=O) groups is 1. The molecule has 0 fully saturated rings. The van der Waals surface area contributed by atoms with Gasteiger partial charge >= 0.3 is 0 Å². The van der Waals surface area contributed by atoms with Crippen LogP contribution in [0.1, 0.15) is 43.4 Å². The van der Waals surface area contributed by atoms with Gasteiger partial charge in [-0.15, -0.1) is 0 Å². The van der Waals surface area contributed by atoms with Gasteiger partial charge in [0.05, 0.1) is 11.6 Å². The summed E-state index contributed by atoms with van der Waals surface area (Å²) in [6.45, 7) is 2.34. The second-order valence-electron chi connectivity index (χ2n) is 5.65. The average Bonchev–Trinajstić information content (AvgIpc) is 2.47. The fourth-order valence-electron chi connectivity index (χ4n) is 2.66. The Bertz CT molecular complexity index is 475. The molecule has 4 nitrogen and oxygen atoms in total. The van der Waals surface area contributed by atoms with Gasteiger partial charge in [-0.2, -0.15) is 0 Å². The van der Waals surface area contributed by atoms with Gasteiger partial charge in [-0.1, -0.05) is 24.3 Å². The number of nitrogens with two attached hydrogens (primary N) is 1. The first kappa shape index (κ1) is 15.0. The van der Waals surface area contributed by atoms with E-state index in [1.165, 1.54) is 11.1 Å². The maximum Gasteiger partial charge on any atom is 0.237 e. The van der Waals surface area contributed by atoms with Gasteiger partial charge in [-0.25, -0.2) is 0 Å². The third-order valence-corrected chi connectivity index (χ3v) is 4.33. The third-order valence-electron chi connectivity index (χ3n) is 4.33. The predicted octanol–water partition coefficient (Wildman–Crippen LogP) is 1.93. The molecule has 0 aliphatic heterocycles. The molecule has 4 heteroatoms. The number of fused-ring (bicyclic) bond motifs is 1. The Morgan fingerprint density at radius 1 is 1.50 bits per heavy atom. The van der Waals surface area contributed by atoms with Gasteiger partial charge in [0.15, 0.2) is 0 Å². The summed E-state index contributed by atoms with van der Waals surface area (Å²) in [5, 5.41) is 2.98. The quantitative estimate of drug-likeness (QED) is 0.834. The molecule has 1 aliphatic carbocycles. The van der Waals surface area contributed by atoms with Crippen LogP contribution >= 0.6 is 0 Å². The van der Waals surface area contributed by atoms with Crippen molar-refractivity contribution in [1.82, 2.24) is 5.32 Å². The monoisotopic (exact) mass is 276 g/mol. The number of carbonyl (C=O) groups excluding carboxylic acids is 1. The van der Waals surface area contributed by atoms with E-state index in [1.54, 1.807) is 7.05 Å². The molecular formula is C16H24N2O2. The molecule has 1 aliphatic rings. The number of rotatable bonds is 6. The summed E-state index contributed by atoms with van der Waals surface area (Å²) >= 11 is 0. The maximum atomic E-state index is 11.4. The molecule has 0 bridgehead atoms. The highest BCUT2D eigenvalue weighted by Crippen LogP contribution is 2.32. The average molecular weight is 276 g/mol. The van der Waals surface area contributed by atoms with E-state index < -0.39 is 5.54 Å². The highest BCUT2D eigenvalue weighted by atomic mass is 16.5. The molecule has 2 unspecified atom stereocenters. The highest BCUT2D eigenvalue weighted by Gasteiger charge is 2.29. The van der Waals surface area contributed by atoms with E-state index in [1.807, 2.05) is 6.92 Å². The minimum absolute atomic E-state index is 0.147. The lowest BCUT2D eigenvalue weighted by Gasteiger charge is -2.29. The maximum absolute atomic E-state index is 11.4. The zero-order chi connectivity index (χ0) is 14.6. The van der Waals surface area contributed by atoms with Crippen molar-refractivity contribution >= 4 is 5.91 Å². The number of benzene rings is 1. The Morgan fingerprint density at radius 3 is 2.95 bits per heavy atom. The van der Waals surface area contributed by atoms with Crippen molar-refractivity contribution in [3.05, 3.63) is 35.4 Å². The third kappa shape index (κ3) is 3.19. The molecular weight excluding hydrogens is 252 g/mol. The molecule has 0 spiro atoms. The first-order valence-electron chi connectivity index (χ1n) is 7.25. The number of amides is 1. The first-order chi connectivity index (χ1) is 9.57. The number of hydrogen-bond donors (Lipinski definition) is 2. The van der Waals surface area contributed by atoms with E-state index >= 15 is 0 Å². The second kappa shape index (κ2) is 6.37. The molecule has 0 saturated carbocycles. The van der Waals surface area contributed by atoms with Crippen molar-refractivity contribution in [3.8, 4) is 0 Å². The molecule has 0 aromatic heterocycles. The minimum atomic E-state index is -0.700. The lowest BCUT2D eigenvalue weighted by atomic mass is 9.89. The van der Waals surface area contributed by atoms with Gasteiger partial charge in [0, 0.05) is 6.61 Å². The fraction of sp³-hybridized carbons (Fsp3) is 0.562. The van der Waals surface area contributed by atoms with Gasteiger partial charge in [-0.3, -0.25) is 4.79 Å². The predicted molar refractivity (Wildman–Crippen MR) is 79.3 cm³/mol. The van der Waals surface area contributed by atoms with Crippen LogP contribution in [0.5, 0.6) is 0 Å². The summed E-state index contributed by atoms with van der Waals surface area (Å²) in [6.07, 6.45) is 4.06.